The predicted molar refractivity (Wildman–Crippen MR) is 113 cm³/mol. The molecule has 0 aliphatic carbocycles. The second-order valence-corrected chi connectivity index (χ2v) is 8.32. The summed E-state index contributed by atoms with van der Waals surface area (Å²) in [6.45, 7) is 3.38. The Kier molecular flexibility index (Phi) is 5.13. The summed E-state index contributed by atoms with van der Waals surface area (Å²) in [5.74, 6) is -0.00260. The molecule has 1 amide bonds. The Morgan fingerprint density at radius 1 is 1.16 bits per heavy atom. The maximum Gasteiger partial charge on any atom is 0.293 e. The van der Waals surface area contributed by atoms with Crippen LogP contribution in [0.25, 0.3) is 16.7 Å². The molecule has 0 unspecified atom stereocenters. The summed E-state index contributed by atoms with van der Waals surface area (Å²) in [5, 5.41) is 18.0. The first-order chi connectivity index (χ1) is 14.7. The number of fused-ring (bicyclic) bond motifs is 1. The number of hydrazone groups is 1. The number of hydrogen-bond acceptors (Lipinski definition) is 7. The number of benzene rings is 2. The van der Waals surface area contributed by atoms with Crippen LogP contribution in [-0.2, 0) is 10.0 Å². The van der Waals surface area contributed by atoms with Gasteiger partial charge < -0.3 is 4.42 Å². The normalized spacial score (nSPS) is 12.3. The number of primary sulfonamides is 1. The van der Waals surface area contributed by atoms with Gasteiger partial charge in [0.15, 0.2) is 11.5 Å². The molecule has 0 aliphatic heterocycles. The molecule has 0 bridgehead atoms. The lowest BCUT2D eigenvalue weighted by atomic mass is 10.2. The van der Waals surface area contributed by atoms with Gasteiger partial charge in [0, 0.05) is 5.39 Å². The maximum absolute atomic E-state index is 12.5. The van der Waals surface area contributed by atoms with E-state index in [1.54, 1.807) is 13.8 Å². The van der Waals surface area contributed by atoms with Crippen molar-refractivity contribution in [2.75, 3.05) is 0 Å². The number of para-hydroxylation sites is 1. The smallest absolute Gasteiger partial charge is 0.293 e. The van der Waals surface area contributed by atoms with Crippen LogP contribution in [0, 0.1) is 6.92 Å². The third kappa shape index (κ3) is 4.09. The van der Waals surface area contributed by atoms with Gasteiger partial charge in [0.2, 0.25) is 10.0 Å². The molecule has 0 fully saturated rings. The van der Waals surface area contributed by atoms with Crippen molar-refractivity contribution in [3.05, 3.63) is 71.7 Å². The molecule has 31 heavy (non-hydrogen) atoms. The summed E-state index contributed by atoms with van der Waals surface area (Å²) in [7, 11) is -3.80. The van der Waals surface area contributed by atoms with E-state index in [2.05, 4.69) is 20.8 Å². The predicted octanol–water partition coefficient (Wildman–Crippen LogP) is 2.12. The van der Waals surface area contributed by atoms with Gasteiger partial charge in [-0.25, -0.2) is 23.7 Å². The van der Waals surface area contributed by atoms with Gasteiger partial charge in [0.25, 0.3) is 5.91 Å². The van der Waals surface area contributed by atoms with Crippen LogP contribution in [0.5, 0.6) is 0 Å². The van der Waals surface area contributed by atoms with E-state index in [9.17, 15) is 13.2 Å². The van der Waals surface area contributed by atoms with Crippen LogP contribution in [0.1, 0.15) is 28.9 Å². The highest BCUT2D eigenvalue weighted by Gasteiger charge is 2.18. The van der Waals surface area contributed by atoms with E-state index in [-0.39, 0.29) is 10.6 Å². The van der Waals surface area contributed by atoms with E-state index in [1.165, 1.54) is 28.9 Å². The molecule has 2 aromatic carbocycles. The number of carbonyl (C=O) groups is 1. The molecule has 2 heterocycles. The molecule has 0 atom stereocenters. The largest absolute Gasteiger partial charge is 0.455 e. The highest BCUT2D eigenvalue weighted by molar-refractivity contribution is 7.89. The van der Waals surface area contributed by atoms with Crippen molar-refractivity contribution in [1.82, 2.24) is 20.4 Å². The number of furan rings is 1. The van der Waals surface area contributed by atoms with E-state index < -0.39 is 15.9 Å². The highest BCUT2D eigenvalue weighted by atomic mass is 32.2. The average molecular weight is 438 g/mol. The Morgan fingerprint density at radius 3 is 2.55 bits per heavy atom. The topological polar surface area (TPSA) is 145 Å². The molecule has 11 heteroatoms. The Balaban J connectivity index is 1.53. The molecule has 0 aliphatic rings. The second-order valence-electron chi connectivity index (χ2n) is 6.76. The van der Waals surface area contributed by atoms with Crippen LogP contribution in [-0.4, -0.2) is 35.0 Å². The highest BCUT2D eigenvalue weighted by Crippen LogP contribution is 2.19. The molecule has 3 N–H and O–H groups in total. The van der Waals surface area contributed by atoms with Gasteiger partial charge in [0.1, 0.15) is 11.3 Å². The molecule has 4 rings (SSSR count). The van der Waals surface area contributed by atoms with E-state index in [0.29, 0.717) is 22.9 Å². The van der Waals surface area contributed by atoms with Crippen LogP contribution in [0.3, 0.4) is 0 Å². The fraction of sp³-hybridized carbons (Fsp3) is 0.100. The summed E-state index contributed by atoms with van der Waals surface area (Å²) < 4.78 is 29.9. The van der Waals surface area contributed by atoms with E-state index >= 15 is 0 Å². The lowest BCUT2D eigenvalue weighted by Crippen LogP contribution is -2.20. The Hall–Kier alpha value is -3.83. The van der Waals surface area contributed by atoms with Gasteiger partial charge in [-0.05, 0) is 50.2 Å². The van der Waals surface area contributed by atoms with Crippen molar-refractivity contribution in [2.24, 2.45) is 10.2 Å². The monoisotopic (exact) mass is 438 g/mol. The van der Waals surface area contributed by atoms with Crippen LogP contribution >= 0.6 is 0 Å². The Bertz CT molecular complexity index is 1380. The lowest BCUT2D eigenvalue weighted by Gasteiger charge is -2.05. The summed E-state index contributed by atoms with van der Waals surface area (Å²) in [4.78, 5) is 12.5. The lowest BCUT2D eigenvalue weighted by molar-refractivity contribution is 0.0949. The first kappa shape index (κ1) is 20.4. The van der Waals surface area contributed by atoms with Crippen LogP contribution < -0.4 is 10.6 Å². The molecular weight excluding hydrogens is 420 g/mol. The molecule has 0 spiro atoms. The molecule has 0 saturated heterocycles. The third-order valence-corrected chi connectivity index (χ3v) is 5.56. The van der Waals surface area contributed by atoms with Crippen LogP contribution in [0.4, 0.5) is 0 Å². The number of nitrogens with one attached hydrogen (secondary N) is 1. The van der Waals surface area contributed by atoms with Crippen molar-refractivity contribution in [3.63, 3.8) is 0 Å². The van der Waals surface area contributed by atoms with Crippen molar-refractivity contribution in [1.29, 1.82) is 0 Å². The molecule has 10 nitrogen and oxygen atoms in total. The molecule has 2 aromatic heterocycles. The SMILES string of the molecule is C/C(=N\NC(=O)c1nnn(-c2ccc(S(N)(=O)=O)cc2)c1C)c1cc2ccccc2o1. The van der Waals surface area contributed by atoms with Crippen molar-refractivity contribution in [2.45, 2.75) is 18.7 Å². The van der Waals surface area contributed by atoms with Crippen LogP contribution in [0.2, 0.25) is 0 Å². The number of hydrogen-bond donors (Lipinski definition) is 2. The first-order valence-corrected chi connectivity index (χ1v) is 10.7. The zero-order valence-corrected chi connectivity index (χ0v) is 17.4. The molecule has 4 aromatic rings. The van der Waals surface area contributed by atoms with E-state index in [4.69, 9.17) is 9.56 Å². The van der Waals surface area contributed by atoms with Crippen molar-refractivity contribution >= 4 is 32.6 Å². The average Bonchev–Trinajstić information content (AvgIpc) is 3.35. The minimum atomic E-state index is -3.80. The number of carbonyl (C=O) groups excluding carboxylic acids is 1. The zero-order chi connectivity index (χ0) is 22.2. The number of aromatic nitrogens is 3. The number of amides is 1. The number of rotatable bonds is 5. The number of nitrogens with two attached hydrogens (primary N) is 1. The van der Waals surface area contributed by atoms with Crippen LogP contribution in [0.15, 0.2) is 69.0 Å². The molecule has 158 valence electrons. The van der Waals surface area contributed by atoms with Crippen molar-refractivity contribution < 1.29 is 17.6 Å². The number of nitrogens with zero attached hydrogens (tertiary/aromatic N) is 4. The Labute approximate surface area is 177 Å². The van der Waals surface area contributed by atoms with Crippen molar-refractivity contribution in [3.8, 4) is 5.69 Å². The standard InChI is InChI=1S/C20H18N6O4S/c1-12(18-11-14-5-3-4-6-17(14)30-18)22-24-20(27)19-13(2)26(25-23-19)15-7-9-16(10-8-15)31(21,28)29/h3-11H,1-2H3,(H,24,27)(H2,21,28,29)/b22-12+. The van der Waals surface area contributed by atoms with Gasteiger partial charge >= 0.3 is 0 Å². The van der Waals surface area contributed by atoms with Gasteiger partial charge in [-0.15, -0.1) is 5.10 Å². The van der Waals surface area contributed by atoms with Gasteiger partial charge in [-0.1, -0.05) is 23.4 Å². The molecule has 0 saturated carbocycles. The van der Waals surface area contributed by atoms with Gasteiger partial charge in [-0.2, -0.15) is 5.10 Å². The van der Waals surface area contributed by atoms with Gasteiger partial charge in [0.05, 0.1) is 16.3 Å². The van der Waals surface area contributed by atoms with Gasteiger partial charge in [-0.3, -0.25) is 4.79 Å². The summed E-state index contributed by atoms with van der Waals surface area (Å²) in [5.41, 5.74) is 4.74. The summed E-state index contributed by atoms with van der Waals surface area (Å²) in [6.07, 6.45) is 0. The fourth-order valence-corrected chi connectivity index (χ4v) is 3.48. The quantitative estimate of drug-likeness (QED) is 0.360. The molecule has 0 radical (unpaired) electrons. The zero-order valence-electron chi connectivity index (χ0n) is 16.6. The third-order valence-electron chi connectivity index (χ3n) is 4.63. The summed E-state index contributed by atoms with van der Waals surface area (Å²) in [6, 6.07) is 15.1. The maximum atomic E-state index is 12.5. The fourth-order valence-electron chi connectivity index (χ4n) is 2.96. The second kappa shape index (κ2) is 7.78. The Morgan fingerprint density at radius 2 is 1.87 bits per heavy atom. The minimum absolute atomic E-state index is 0.0256. The van der Waals surface area contributed by atoms with E-state index in [0.717, 1.165) is 11.0 Å². The summed E-state index contributed by atoms with van der Waals surface area (Å²) >= 11 is 0. The first-order valence-electron chi connectivity index (χ1n) is 9.13. The van der Waals surface area contributed by atoms with E-state index in [1.807, 2.05) is 30.3 Å². The minimum Gasteiger partial charge on any atom is -0.455 e. The molecular formula is C20H18N6O4S. The number of sulfonamides is 1.